The molecular formula is C14H18O10. The normalized spacial score (nSPS) is 12.3. The van der Waals surface area contributed by atoms with E-state index in [2.05, 4.69) is 9.47 Å². The number of carboxylic acids is 3. The smallest absolute Gasteiger partial charge is 0.311 e. The minimum Gasteiger partial charge on any atom is -0.481 e. The van der Waals surface area contributed by atoms with Crippen molar-refractivity contribution in [3.05, 3.63) is 12.2 Å². The molecule has 0 fully saturated rings. The van der Waals surface area contributed by atoms with E-state index in [1.54, 1.807) is 0 Å². The van der Waals surface area contributed by atoms with E-state index in [0.717, 1.165) is 0 Å². The molecule has 24 heavy (non-hydrogen) atoms. The van der Waals surface area contributed by atoms with E-state index < -0.39 is 42.3 Å². The molecule has 0 aliphatic rings. The largest absolute Gasteiger partial charge is 0.481 e. The third-order valence-electron chi connectivity index (χ3n) is 3.11. The molecule has 0 saturated carbocycles. The molecule has 3 N–H and O–H groups in total. The van der Waals surface area contributed by atoms with Crippen LogP contribution in [0.25, 0.3) is 0 Å². The summed E-state index contributed by atoms with van der Waals surface area (Å²) >= 11 is 0. The Morgan fingerprint density at radius 1 is 0.958 bits per heavy atom. The van der Waals surface area contributed by atoms with Crippen molar-refractivity contribution in [1.82, 2.24) is 0 Å². The van der Waals surface area contributed by atoms with Gasteiger partial charge in [-0.25, -0.2) is 0 Å². The fourth-order valence-electron chi connectivity index (χ4n) is 1.97. The number of ether oxygens (including phenoxy) is 2. The first-order chi connectivity index (χ1) is 11.3. The fourth-order valence-corrected chi connectivity index (χ4v) is 1.97. The summed E-state index contributed by atoms with van der Waals surface area (Å²) in [5, 5.41) is 26.9. The Balaban J connectivity index is 4.97. The van der Waals surface area contributed by atoms with Gasteiger partial charge in [-0.05, 0) is 6.42 Å². The molecule has 0 amide bonds. The maximum atomic E-state index is 11.4. The van der Waals surface area contributed by atoms with Crippen LogP contribution in [0.4, 0.5) is 0 Å². The molecule has 10 nitrogen and oxygen atoms in total. The molecule has 0 saturated heterocycles. The van der Waals surface area contributed by atoms with Gasteiger partial charge in [-0.15, -0.1) is 0 Å². The average molecular weight is 346 g/mol. The second-order valence-corrected chi connectivity index (χ2v) is 4.92. The van der Waals surface area contributed by atoms with E-state index in [9.17, 15) is 29.1 Å². The number of carbonyl (C=O) groups excluding carboxylic acids is 2. The van der Waals surface area contributed by atoms with Crippen LogP contribution >= 0.6 is 0 Å². The average Bonchev–Trinajstić information content (AvgIpc) is 2.47. The molecule has 0 aromatic carbocycles. The van der Waals surface area contributed by atoms with Gasteiger partial charge in [0.15, 0.2) is 0 Å². The van der Waals surface area contributed by atoms with Crippen LogP contribution in [0.15, 0.2) is 12.2 Å². The van der Waals surface area contributed by atoms with Crippen LogP contribution in [0.1, 0.15) is 25.7 Å². The number of hydrogen-bond acceptors (Lipinski definition) is 7. The first-order valence-electron chi connectivity index (χ1n) is 6.73. The summed E-state index contributed by atoms with van der Waals surface area (Å²) in [6.45, 7) is 0.115. The van der Waals surface area contributed by atoms with Crippen molar-refractivity contribution >= 4 is 30.9 Å². The zero-order chi connectivity index (χ0) is 18.6. The lowest BCUT2D eigenvalue weighted by Crippen LogP contribution is -2.35. The fraction of sp³-hybridized carbons (Fsp3) is 0.500. The maximum Gasteiger partial charge on any atom is 0.311 e. The minimum atomic E-state index is -1.99. The summed E-state index contributed by atoms with van der Waals surface area (Å²) in [5.41, 5.74) is -1.99. The highest BCUT2D eigenvalue weighted by Gasteiger charge is 2.42. The second-order valence-electron chi connectivity index (χ2n) is 4.92. The Labute approximate surface area is 136 Å². The summed E-state index contributed by atoms with van der Waals surface area (Å²) in [5.74, 6) is -4.41. The van der Waals surface area contributed by atoms with Gasteiger partial charge in [-0.2, -0.15) is 0 Å². The number of carboxylic acid groups (broad SMARTS) is 3. The van der Waals surface area contributed by atoms with Crippen LogP contribution in [-0.4, -0.2) is 58.9 Å². The third-order valence-corrected chi connectivity index (χ3v) is 3.11. The van der Waals surface area contributed by atoms with Gasteiger partial charge in [0.25, 0.3) is 12.9 Å². The lowest BCUT2D eigenvalue weighted by atomic mass is 9.78. The molecule has 0 spiro atoms. The maximum absolute atomic E-state index is 11.4. The summed E-state index contributed by atoms with van der Waals surface area (Å²) in [6.07, 6.45) is -0.0948. The van der Waals surface area contributed by atoms with Gasteiger partial charge < -0.3 is 24.8 Å². The Morgan fingerprint density at radius 2 is 1.54 bits per heavy atom. The molecular weight excluding hydrogens is 328 g/mol. The van der Waals surface area contributed by atoms with E-state index in [4.69, 9.17) is 10.2 Å². The first-order valence-corrected chi connectivity index (χ1v) is 6.73. The molecule has 134 valence electrons. The number of aliphatic carboxylic acids is 3. The van der Waals surface area contributed by atoms with Gasteiger partial charge in [-0.1, -0.05) is 12.2 Å². The molecule has 0 radical (unpaired) electrons. The summed E-state index contributed by atoms with van der Waals surface area (Å²) in [7, 11) is 0. The van der Waals surface area contributed by atoms with E-state index in [0.29, 0.717) is 0 Å². The molecule has 1 atom stereocenters. The Morgan fingerprint density at radius 3 is 1.96 bits per heavy atom. The predicted octanol–water partition coefficient (Wildman–Crippen LogP) is 0.0578. The van der Waals surface area contributed by atoms with Crippen molar-refractivity contribution in [2.45, 2.75) is 31.8 Å². The molecule has 10 heteroatoms. The number of rotatable bonds is 14. The van der Waals surface area contributed by atoms with E-state index in [1.165, 1.54) is 12.2 Å². The SMILES string of the molecule is O=COCC(CC=CCC(CC(=O)O)(CC(=O)O)C(=O)O)OC=O. The van der Waals surface area contributed by atoms with Gasteiger partial charge in [-0.3, -0.25) is 24.0 Å². The molecule has 1 unspecified atom stereocenters. The van der Waals surface area contributed by atoms with Crippen molar-refractivity contribution in [2.75, 3.05) is 6.61 Å². The lowest BCUT2D eigenvalue weighted by molar-refractivity contribution is -0.160. The molecule has 0 aromatic rings. The van der Waals surface area contributed by atoms with E-state index in [-0.39, 0.29) is 32.4 Å². The highest BCUT2D eigenvalue weighted by atomic mass is 16.6. The van der Waals surface area contributed by atoms with Crippen molar-refractivity contribution in [3.8, 4) is 0 Å². The lowest BCUT2D eigenvalue weighted by Gasteiger charge is -2.24. The van der Waals surface area contributed by atoms with E-state index in [1.807, 2.05) is 0 Å². The Hall–Kier alpha value is -2.91. The van der Waals surface area contributed by atoms with Gasteiger partial charge in [0.05, 0.1) is 18.3 Å². The summed E-state index contributed by atoms with van der Waals surface area (Å²) in [4.78, 5) is 53.5. The molecule has 0 aromatic heterocycles. The molecule has 0 aliphatic heterocycles. The number of allylic oxidation sites excluding steroid dienone is 1. The van der Waals surface area contributed by atoms with Crippen LogP contribution in [0, 0.1) is 5.41 Å². The van der Waals surface area contributed by atoms with Crippen molar-refractivity contribution in [3.63, 3.8) is 0 Å². The van der Waals surface area contributed by atoms with Crippen LogP contribution < -0.4 is 0 Å². The number of hydrogen-bond donors (Lipinski definition) is 3. The van der Waals surface area contributed by atoms with E-state index >= 15 is 0 Å². The van der Waals surface area contributed by atoms with Crippen LogP contribution in [0.2, 0.25) is 0 Å². The monoisotopic (exact) mass is 346 g/mol. The summed E-state index contributed by atoms with van der Waals surface area (Å²) < 4.78 is 9.07. The van der Waals surface area contributed by atoms with Crippen molar-refractivity contribution in [2.24, 2.45) is 5.41 Å². The second kappa shape index (κ2) is 10.8. The van der Waals surface area contributed by atoms with Gasteiger partial charge in [0, 0.05) is 6.42 Å². The first kappa shape index (κ1) is 21.1. The topological polar surface area (TPSA) is 164 Å². The number of carbonyl (C=O) groups is 5. The van der Waals surface area contributed by atoms with Crippen LogP contribution in [0.3, 0.4) is 0 Å². The molecule has 0 heterocycles. The highest BCUT2D eigenvalue weighted by molar-refractivity contribution is 5.86. The Kier molecular flexibility index (Phi) is 9.45. The minimum absolute atomic E-state index is 0.0718. The highest BCUT2D eigenvalue weighted by Crippen LogP contribution is 2.32. The quantitative estimate of drug-likeness (QED) is 0.289. The molecule has 0 rings (SSSR count). The zero-order valence-corrected chi connectivity index (χ0v) is 12.6. The van der Waals surface area contributed by atoms with Gasteiger partial charge in [0.2, 0.25) is 0 Å². The van der Waals surface area contributed by atoms with Crippen LogP contribution in [-0.2, 0) is 33.4 Å². The van der Waals surface area contributed by atoms with Crippen molar-refractivity contribution in [1.29, 1.82) is 0 Å². The van der Waals surface area contributed by atoms with Crippen LogP contribution in [0.5, 0.6) is 0 Å². The van der Waals surface area contributed by atoms with Gasteiger partial charge >= 0.3 is 17.9 Å². The summed E-state index contributed by atoms with van der Waals surface area (Å²) in [6, 6.07) is 0. The zero-order valence-electron chi connectivity index (χ0n) is 12.6. The van der Waals surface area contributed by atoms with Crippen molar-refractivity contribution < 1.29 is 48.8 Å². The Bertz CT molecular complexity index is 480. The predicted molar refractivity (Wildman–Crippen MR) is 75.9 cm³/mol. The molecule has 0 bridgehead atoms. The van der Waals surface area contributed by atoms with Gasteiger partial charge in [0.1, 0.15) is 12.7 Å². The third kappa shape index (κ3) is 7.92. The standard InChI is InChI=1S/C14H18O10/c15-8-23-7-10(24-9-16)3-1-2-4-14(13(21)22,5-11(17)18)6-12(19)20/h1-2,8-10H,3-7H2,(H,17,18)(H,19,20)(H,21,22). The molecule has 0 aliphatic carbocycles.